The highest BCUT2D eigenvalue weighted by atomic mass is 127. The number of hydrogen-bond donors (Lipinski definition) is 3. The highest BCUT2D eigenvalue weighted by molar-refractivity contribution is 14.0. The van der Waals surface area contributed by atoms with E-state index >= 15 is 0 Å². The molecule has 3 N–H and O–H groups in total. The van der Waals surface area contributed by atoms with Crippen LogP contribution in [-0.2, 0) is 13.0 Å². The summed E-state index contributed by atoms with van der Waals surface area (Å²) in [6, 6.07) is 9.67. The van der Waals surface area contributed by atoms with Gasteiger partial charge in [0.15, 0.2) is 23.2 Å². The van der Waals surface area contributed by atoms with Gasteiger partial charge in [-0.15, -0.1) is 29.1 Å². The zero-order chi connectivity index (χ0) is 21.2. The number of nitrogens with zero attached hydrogens (tertiary/aromatic N) is 3. The quantitative estimate of drug-likeness (QED) is 0.157. The Morgan fingerprint density at radius 1 is 1.23 bits per heavy atom. The summed E-state index contributed by atoms with van der Waals surface area (Å²) < 4.78 is 16.3. The molecule has 168 valence electrons. The van der Waals surface area contributed by atoms with Crippen LogP contribution in [0.15, 0.2) is 46.0 Å². The number of ether oxygens (including phenoxy) is 2. The summed E-state index contributed by atoms with van der Waals surface area (Å²) >= 11 is 0. The van der Waals surface area contributed by atoms with Crippen LogP contribution in [-0.4, -0.2) is 48.5 Å². The highest BCUT2D eigenvalue weighted by Gasteiger charge is 2.09. The van der Waals surface area contributed by atoms with Crippen molar-refractivity contribution < 1.29 is 13.9 Å². The van der Waals surface area contributed by atoms with Gasteiger partial charge in [-0.05, 0) is 49.6 Å². The van der Waals surface area contributed by atoms with Crippen molar-refractivity contribution in [2.45, 2.75) is 26.3 Å². The maximum Gasteiger partial charge on any atom is 0.216 e. The second-order valence-corrected chi connectivity index (χ2v) is 6.46. The van der Waals surface area contributed by atoms with Crippen LogP contribution in [0, 0.1) is 0 Å². The summed E-state index contributed by atoms with van der Waals surface area (Å²) in [5, 5.41) is 13.6. The van der Waals surface area contributed by atoms with Gasteiger partial charge in [-0.1, -0.05) is 6.07 Å². The van der Waals surface area contributed by atoms with Gasteiger partial charge in [0.05, 0.1) is 26.5 Å². The molecule has 0 amide bonds. The molecule has 2 aromatic heterocycles. The van der Waals surface area contributed by atoms with E-state index in [1.54, 1.807) is 26.5 Å². The summed E-state index contributed by atoms with van der Waals surface area (Å²) in [6.07, 6.45) is 3.46. The molecule has 31 heavy (non-hydrogen) atoms. The predicted molar refractivity (Wildman–Crippen MR) is 130 cm³/mol. The van der Waals surface area contributed by atoms with Crippen molar-refractivity contribution in [3.05, 3.63) is 48.0 Å². The highest BCUT2D eigenvalue weighted by Crippen LogP contribution is 2.28. The SMILES string of the molecule is CCOc1cc(CCCNC(=NC)NCc2nc(-c3ccco3)n[nH]2)ccc1OC.I. The third-order valence-corrected chi connectivity index (χ3v) is 4.38. The molecule has 0 fully saturated rings. The fourth-order valence-corrected chi connectivity index (χ4v) is 2.92. The number of aromatic amines is 1. The zero-order valence-electron chi connectivity index (χ0n) is 18.0. The van der Waals surface area contributed by atoms with Crippen LogP contribution in [0.2, 0.25) is 0 Å². The number of hydrogen-bond acceptors (Lipinski definition) is 6. The van der Waals surface area contributed by atoms with E-state index in [1.807, 2.05) is 25.1 Å². The van der Waals surface area contributed by atoms with Gasteiger partial charge < -0.3 is 24.5 Å². The summed E-state index contributed by atoms with van der Waals surface area (Å²) in [4.78, 5) is 8.65. The smallest absolute Gasteiger partial charge is 0.216 e. The van der Waals surface area contributed by atoms with Crippen molar-refractivity contribution in [1.82, 2.24) is 25.8 Å². The molecule has 0 radical (unpaired) electrons. The molecule has 0 atom stereocenters. The predicted octanol–water partition coefficient (Wildman–Crippen LogP) is 3.39. The number of guanidine groups is 1. The van der Waals surface area contributed by atoms with E-state index < -0.39 is 0 Å². The third-order valence-electron chi connectivity index (χ3n) is 4.38. The average molecular weight is 540 g/mol. The third kappa shape index (κ3) is 7.16. The Labute approximate surface area is 199 Å². The lowest BCUT2D eigenvalue weighted by Crippen LogP contribution is -2.37. The van der Waals surface area contributed by atoms with E-state index in [0.717, 1.165) is 30.9 Å². The lowest BCUT2D eigenvalue weighted by atomic mass is 10.1. The van der Waals surface area contributed by atoms with E-state index in [2.05, 4.69) is 36.9 Å². The zero-order valence-corrected chi connectivity index (χ0v) is 20.3. The molecule has 1 aromatic carbocycles. The summed E-state index contributed by atoms with van der Waals surface area (Å²) in [7, 11) is 3.39. The first-order valence-electron chi connectivity index (χ1n) is 9.92. The molecule has 0 aliphatic heterocycles. The molecule has 10 heteroatoms. The van der Waals surface area contributed by atoms with Gasteiger partial charge in [-0.25, -0.2) is 4.98 Å². The standard InChI is InChI=1S/C21H28N6O3.HI/c1-4-29-18-13-15(9-10-16(18)28-3)7-5-11-23-21(22-2)24-14-19-25-20(27-26-19)17-8-6-12-30-17;/h6,8-10,12-13H,4-5,7,11,14H2,1-3H3,(H2,22,23,24)(H,25,26,27);1H. The number of furan rings is 1. The number of aliphatic imine (C=N–C) groups is 1. The number of benzene rings is 1. The van der Waals surface area contributed by atoms with Crippen LogP contribution in [0.3, 0.4) is 0 Å². The van der Waals surface area contributed by atoms with Crippen molar-refractivity contribution >= 4 is 29.9 Å². The molecule has 3 aromatic rings. The molecule has 0 aliphatic carbocycles. The van der Waals surface area contributed by atoms with Gasteiger partial charge >= 0.3 is 0 Å². The number of halogens is 1. The summed E-state index contributed by atoms with van der Waals surface area (Å²) in [5.74, 6) is 4.10. The van der Waals surface area contributed by atoms with Crippen LogP contribution in [0.25, 0.3) is 11.6 Å². The average Bonchev–Trinajstić information content (AvgIpc) is 3.45. The molecular formula is C21H29IN6O3. The molecule has 0 bridgehead atoms. The maximum atomic E-state index is 5.64. The van der Waals surface area contributed by atoms with Gasteiger partial charge in [0.25, 0.3) is 0 Å². The van der Waals surface area contributed by atoms with Gasteiger partial charge in [-0.3, -0.25) is 10.1 Å². The molecule has 0 aliphatic rings. The minimum absolute atomic E-state index is 0. The first kappa shape index (κ1) is 24.5. The lowest BCUT2D eigenvalue weighted by molar-refractivity contribution is 0.310. The Bertz CT molecular complexity index is 943. The first-order valence-corrected chi connectivity index (χ1v) is 9.92. The maximum absolute atomic E-state index is 5.64. The Morgan fingerprint density at radius 2 is 2.10 bits per heavy atom. The molecule has 9 nitrogen and oxygen atoms in total. The normalized spacial score (nSPS) is 11.0. The summed E-state index contributed by atoms with van der Waals surface area (Å²) in [6.45, 7) is 3.83. The minimum atomic E-state index is 0. The fraction of sp³-hybridized carbons (Fsp3) is 0.381. The number of aromatic nitrogens is 3. The van der Waals surface area contributed by atoms with E-state index in [9.17, 15) is 0 Å². The van der Waals surface area contributed by atoms with Crippen LogP contribution >= 0.6 is 24.0 Å². The van der Waals surface area contributed by atoms with Crippen molar-refractivity contribution in [3.63, 3.8) is 0 Å². The second kappa shape index (κ2) is 12.8. The van der Waals surface area contributed by atoms with Crippen LogP contribution in [0.5, 0.6) is 11.5 Å². The van der Waals surface area contributed by atoms with Crippen molar-refractivity contribution in [1.29, 1.82) is 0 Å². The van der Waals surface area contributed by atoms with Gasteiger partial charge in [0, 0.05) is 13.6 Å². The van der Waals surface area contributed by atoms with Gasteiger partial charge in [0.1, 0.15) is 5.82 Å². The molecule has 0 spiro atoms. The molecule has 3 rings (SSSR count). The van der Waals surface area contributed by atoms with Gasteiger partial charge in [0.2, 0.25) is 5.82 Å². The Balaban J connectivity index is 0.00000341. The topological polar surface area (TPSA) is 110 Å². The van der Waals surface area contributed by atoms with E-state index in [1.165, 1.54) is 5.56 Å². The monoisotopic (exact) mass is 540 g/mol. The Morgan fingerprint density at radius 3 is 2.81 bits per heavy atom. The molecule has 0 saturated carbocycles. The molecular weight excluding hydrogens is 511 g/mol. The molecule has 0 unspecified atom stereocenters. The Kier molecular flexibility index (Phi) is 10.1. The van der Waals surface area contributed by atoms with Crippen molar-refractivity contribution in [2.75, 3.05) is 27.3 Å². The number of rotatable bonds is 10. The Hall–Kier alpha value is -2.76. The minimum Gasteiger partial charge on any atom is -0.493 e. The number of methoxy groups -OCH3 is 1. The molecule has 0 saturated heterocycles. The van der Waals surface area contributed by atoms with E-state index in [-0.39, 0.29) is 24.0 Å². The number of aryl methyl sites for hydroxylation is 1. The van der Waals surface area contributed by atoms with Crippen LogP contribution < -0.4 is 20.1 Å². The van der Waals surface area contributed by atoms with Crippen LogP contribution in [0.1, 0.15) is 24.7 Å². The summed E-state index contributed by atoms with van der Waals surface area (Å²) in [5.41, 5.74) is 1.20. The fourth-order valence-electron chi connectivity index (χ4n) is 2.92. The van der Waals surface area contributed by atoms with Gasteiger partial charge in [-0.2, -0.15) is 0 Å². The largest absolute Gasteiger partial charge is 0.493 e. The number of H-pyrrole nitrogens is 1. The lowest BCUT2D eigenvalue weighted by Gasteiger charge is -2.12. The van der Waals surface area contributed by atoms with Crippen molar-refractivity contribution in [2.24, 2.45) is 4.99 Å². The van der Waals surface area contributed by atoms with Crippen LogP contribution in [0.4, 0.5) is 0 Å². The first-order chi connectivity index (χ1) is 14.7. The van der Waals surface area contributed by atoms with E-state index in [0.29, 0.717) is 36.5 Å². The van der Waals surface area contributed by atoms with E-state index in [4.69, 9.17) is 13.9 Å². The van der Waals surface area contributed by atoms with Crippen molar-refractivity contribution in [3.8, 4) is 23.1 Å². The number of nitrogens with one attached hydrogen (secondary N) is 3. The molecule has 2 heterocycles. The second-order valence-electron chi connectivity index (χ2n) is 6.46.